The normalized spacial score (nSPS) is 11.0. The number of rotatable bonds is 5. The van der Waals surface area contributed by atoms with Crippen LogP contribution in [0.5, 0.6) is 0 Å². The molecule has 124 valence electrons. The predicted octanol–water partition coefficient (Wildman–Crippen LogP) is 0.0437. The zero-order valence-corrected chi connectivity index (χ0v) is 14.1. The maximum Gasteiger partial charge on any atom is 0.332 e. The molecule has 2 aromatic heterocycles. The third-order valence-electron chi connectivity index (χ3n) is 3.36. The van der Waals surface area contributed by atoms with Gasteiger partial charge in [0.05, 0.1) is 24.9 Å². The molecule has 9 heteroatoms. The molecule has 0 N–H and O–H groups in total. The monoisotopic (exact) mass is 339 g/mol. The topological polar surface area (TPSA) is 92.4 Å². The summed E-state index contributed by atoms with van der Waals surface area (Å²) in [5.74, 6) is -0.372. The lowest BCUT2D eigenvalue weighted by Crippen LogP contribution is -2.37. The highest BCUT2D eigenvalue weighted by Crippen LogP contribution is 2.28. The highest BCUT2D eigenvalue weighted by atomic mass is 32.2. The van der Waals surface area contributed by atoms with E-state index in [-0.39, 0.29) is 23.4 Å². The molecule has 2 aromatic rings. The van der Waals surface area contributed by atoms with Gasteiger partial charge in [0.15, 0.2) is 0 Å². The number of hydrogen-bond donors (Lipinski definition) is 0. The second-order valence-electron chi connectivity index (χ2n) is 4.81. The summed E-state index contributed by atoms with van der Waals surface area (Å²) >= 11 is 1.16. The molecule has 0 aliphatic heterocycles. The lowest BCUT2D eigenvalue weighted by molar-refractivity contribution is -0.137. The molecule has 0 unspecified atom stereocenters. The van der Waals surface area contributed by atoms with Gasteiger partial charge in [-0.25, -0.2) is 9.78 Å². The summed E-state index contributed by atoms with van der Waals surface area (Å²) in [6.07, 6.45) is 1.55. The molecule has 2 heterocycles. The lowest BCUT2D eigenvalue weighted by atomic mass is 10.2. The molecule has 0 bridgehead atoms. The standard InChI is InChI=1S/C14H17N3O5S/c1-16-12-10(13(19)17(2)14(16)20)11(23-7-9(18)22-4)8(5-15-12)6-21-3/h5H,6-7H2,1-4H3. The summed E-state index contributed by atoms with van der Waals surface area (Å²) in [5, 5.41) is 0.290. The van der Waals surface area contributed by atoms with Crippen molar-refractivity contribution in [1.29, 1.82) is 0 Å². The van der Waals surface area contributed by atoms with E-state index in [0.29, 0.717) is 10.5 Å². The quantitative estimate of drug-likeness (QED) is 0.561. The minimum atomic E-state index is -0.460. The number of methoxy groups -OCH3 is 2. The van der Waals surface area contributed by atoms with Gasteiger partial charge in [-0.05, 0) is 0 Å². The SMILES string of the molecule is COCc1cnc2c(c1SCC(=O)OC)c(=O)n(C)c(=O)n2C. The van der Waals surface area contributed by atoms with E-state index in [1.807, 2.05) is 0 Å². The number of thioether (sulfide) groups is 1. The fourth-order valence-electron chi connectivity index (χ4n) is 2.15. The Bertz CT molecular complexity index is 871. The average molecular weight is 339 g/mol. The number of hydrogen-bond acceptors (Lipinski definition) is 7. The van der Waals surface area contributed by atoms with Crippen LogP contribution in [0.1, 0.15) is 5.56 Å². The lowest BCUT2D eigenvalue weighted by Gasteiger charge is -2.13. The molecule has 0 atom stereocenters. The summed E-state index contributed by atoms with van der Waals surface area (Å²) in [5.41, 5.74) is 0.0225. The van der Waals surface area contributed by atoms with Crippen LogP contribution in [0.2, 0.25) is 0 Å². The molecule has 0 amide bonds. The molecule has 0 saturated carbocycles. The molecule has 0 aromatic carbocycles. The molecule has 0 aliphatic carbocycles. The first-order valence-corrected chi connectivity index (χ1v) is 7.67. The summed E-state index contributed by atoms with van der Waals surface area (Å²) in [6.45, 7) is 0.235. The number of pyridine rings is 1. The number of carbonyl (C=O) groups excluding carboxylic acids is 1. The van der Waals surface area contributed by atoms with Crippen molar-refractivity contribution >= 4 is 28.8 Å². The Kier molecular flexibility index (Phi) is 5.22. The number of aryl methyl sites for hydroxylation is 1. The molecule has 0 radical (unpaired) electrons. The minimum Gasteiger partial charge on any atom is -0.468 e. The molecule has 0 aliphatic rings. The number of carbonyl (C=O) groups is 1. The van der Waals surface area contributed by atoms with E-state index in [2.05, 4.69) is 9.72 Å². The maximum atomic E-state index is 12.5. The van der Waals surface area contributed by atoms with Crippen LogP contribution in [-0.4, -0.2) is 40.1 Å². The van der Waals surface area contributed by atoms with Gasteiger partial charge in [-0.3, -0.25) is 18.7 Å². The van der Waals surface area contributed by atoms with Gasteiger partial charge >= 0.3 is 11.7 Å². The van der Waals surface area contributed by atoms with Gasteiger partial charge in [-0.1, -0.05) is 0 Å². The Morgan fingerprint density at radius 1 is 1.26 bits per heavy atom. The maximum absolute atomic E-state index is 12.5. The smallest absolute Gasteiger partial charge is 0.332 e. The van der Waals surface area contributed by atoms with Crippen LogP contribution < -0.4 is 11.2 Å². The summed E-state index contributed by atoms with van der Waals surface area (Å²) in [7, 11) is 5.77. The Morgan fingerprint density at radius 3 is 2.57 bits per heavy atom. The van der Waals surface area contributed by atoms with E-state index in [4.69, 9.17) is 4.74 Å². The van der Waals surface area contributed by atoms with Crippen molar-refractivity contribution in [2.75, 3.05) is 20.0 Å². The Labute approximate surface area is 136 Å². The third-order valence-corrected chi connectivity index (χ3v) is 4.49. The van der Waals surface area contributed by atoms with E-state index in [1.54, 1.807) is 13.2 Å². The molecular formula is C14H17N3O5S. The molecule has 2 rings (SSSR count). The second-order valence-corrected chi connectivity index (χ2v) is 5.80. The van der Waals surface area contributed by atoms with E-state index in [1.165, 1.54) is 25.8 Å². The van der Waals surface area contributed by atoms with E-state index in [0.717, 1.165) is 16.3 Å². The minimum absolute atomic E-state index is 0.0400. The van der Waals surface area contributed by atoms with Gasteiger partial charge < -0.3 is 9.47 Å². The summed E-state index contributed by atoms with van der Waals surface area (Å²) < 4.78 is 12.1. The van der Waals surface area contributed by atoms with Crippen molar-refractivity contribution in [3.8, 4) is 0 Å². The Balaban J connectivity index is 2.77. The third kappa shape index (κ3) is 3.15. The number of nitrogens with zero attached hydrogens (tertiary/aromatic N) is 3. The van der Waals surface area contributed by atoms with Gasteiger partial charge in [-0.2, -0.15) is 0 Å². The highest BCUT2D eigenvalue weighted by Gasteiger charge is 2.18. The van der Waals surface area contributed by atoms with Crippen molar-refractivity contribution in [2.24, 2.45) is 14.1 Å². The number of ether oxygens (including phenoxy) is 2. The van der Waals surface area contributed by atoms with Crippen LogP contribution in [0, 0.1) is 0 Å². The zero-order valence-electron chi connectivity index (χ0n) is 13.3. The molecular weight excluding hydrogens is 322 g/mol. The molecule has 0 fully saturated rings. The number of esters is 1. The first-order valence-electron chi connectivity index (χ1n) is 6.68. The van der Waals surface area contributed by atoms with E-state index >= 15 is 0 Å². The zero-order chi connectivity index (χ0) is 17.1. The molecule has 8 nitrogen and oxygen atoms in total. The predicted molar refractivity (Wildman–Crippen MR) is 85.7 cm³/mol. The molecule has 0 spiro atoms. The van der Waals surface area contributed by atoms with Gasteiger partial charge in [-0.15, -0.1) is 11.8 Å². The van der Waals surface area contributed by atoms with Crippen molar-refractivity contribution in [2.45, 2.75) is 11.5 Å². The molecule has 23 heavy (non-hydrogen) atoms. The van der Waals surface area contributed by atoms with Gasteiger partial charge in [0.25, 0.3) is 5.56 Å². The molecule has 0 saturated heterocycles. The fraction of sp³-hybridized carbons (Fsp3) is 0.429. The van der Waals surface area contributed by atoms with Gasteiger partial charge in [0.1, 0.15) is 5.65 Å². The van der Waals surface area contributed by atoms with Crippen LogP contribution in [-0.2, 0) is 35.0 Å². The van der Waals surface area contributed by atoms with Crippen molar-refractivity contribution in [3.63, 3.8) is 0 Å². The Hall–Kier alpha value is -2.13. The average Bonchev–Trinajstić information content (AvgIpc) is 2.56. The van der Waals surface area contributed by atoms with Gasteiger partial charge in [0.2, 0.25) is 0 Å². The van der Waals surface area contributed by atoms with Crippen molar-refractivity contribution < 1.29 is 14.3 Å². The van der Waals surface area contributed by atoms with Crippen LogP contribution in [0.25, 0.3) is 11.0 Å². The van der Waals surface area contributed by atoms with Gasteiger partial charge in [0, 0.05) is 37.9 Å². The second kappa shape index (κ2) is 6.97. The van der Waals surface area contributed by atoms with Crippen LogP contribution in [0.4, 0.5) is 0 Å². The first kappa shape index (κ1) is 17.2. The number of aromatic nitrogens is 3. The highest BCUT2D eigenvalue weighted by molar-refractivity contribution is 8.00. The van der Waals surface area contributed by atoms with Crippen LogP contribution in [0.15, 0.2) is 20.7 Å². The Morgan fingerprint density at radius 2 is 1.96 bits per heavy atom. The summed E-state index contributed by atoms with van der Waals surface area (Å²) in [6, 6.07) is 0. The van der Waals surface area contributed by atoms with E-state index < -0.39 is 17.2 Å². The van der Waals surface area contributed by atoms with Crippen molar-refractivity contribution in [3.05, 3.63) is 32.6 Å². The fourth-order valence-corrected chi connectivity index (χ4v) is 3.15. The summed E-state index contributed by atoms with van der Waals surface area (Å²) in [4.78, 5) is 40.8. The largest absolute Gasteiger partial charge is 0.468 e. The van der Waals surface area contributed by atoms with Crippen molar-refractivity contribution in [1.82, 2.24) is 14.1 Å². The van der Waals surface area contributed by atoms with Crippen LogP contribution >= 0.6 is 11.8 Å². The van der Waals surface area contributed by atoms with E-state index in [9.17, 15) is 14.4 Å². The number of fused-ring (bicyclic) bond motifs is 1. The van der Waals surface area contributed by atoms with Crippen LogP contribution in [0.3, 0.4) is 0 Å². The first-order chi connectivity index (χ1) is 10.9.